The molecule has 0 aliphatic carbocycles. The molecule has 0 bridgehead atoms. The summed E-state index contributed by atoms with van der Waals surface area (Å²) in [5.41, 5.74) is 0. The number of nitrogens with zero attached hydrogens (tertiary/aromatic N) is 1. The van der Waals surface area contributed by atoms with E-state index in [1.54, 1.807) is 17.1 Å². The van der Waals surface area contributed by atoms with Crippen molar-refractivity contribution in [3.05, 3.63) is 25.3 Å². The lowest BCUT2D eigenvalue weighted by Crippen LogP contribution is -2.43. The van der Waals surface area contributed by atoms with Gasteiger partial charge in [-0.25, -0.2) is 0 Å². The van der Waals surface area contributed by atoms with E-state index >= 15 is 0 Å². The highest BCUT2D eigenvalue weighted by Crippen LogP contribution is 2.13. The first-order valence-corrected chi connectivity index (χ1v) is 5.51. The second-order valence-electron chi connectivity index (χ2n) is 3.86. The molecule has 1 amide bonds. The predicted molar refractivity (Wildman–Crippen MR) is 62.6 cm³/mol. The number of hydrogen-bond acceptors (Lipinski definition) is 2. The van der Waals surface area contributed by atoms with Crippen LogP contribution in [0.4, 0.5) is 0 Å². The Morgan fingerprint density at radius 2 is 2.07 bits per heavy atom. The Kier molecular flexibility index (Phi) is 5.12. The summed E-state index contributed by atoms with van der Waals surface area (Å²) in [4.78, 5) is 13.9. The number of nitrogens with one attached hydrogen (secondary N) is 1. The van der Waals surface area contributed by atoms with Crippen molar-refractivity contribution < 1.29 is 4.79 Å². The molecule has 0 radical (unpaired) electrons. The quantitative estimate of drug-likeness (QED) is 0.688. The highest BCUT2D eigenvalue weighted by Gasteiger charge is 2.24. The number of carbonyl (C=O) groups excluding carboxylic acids is 1. The van der Waals surface area contributed by atoms with Crippen molar-refractivity contribution in [3.63, 3.8) is 0 Å². The fraction of sp³-hybridized carbons (Fsp3) is 0.583. The number of hydrogen-bond donors (Lipinski definition) is 1. The molecule has 0 aromatic carbocycles. The second-order valence-corrected chi connectivity index (χ2v) is 3.86. The first kappa shape index (κ1) is 12.0. The van der Waals surface area contributed by atoms with Gasteiger partial charge in [0.15, 0.2) is 0 Å². The number of carbonyl (C=O) groups is 1. The lowest BCUT2D eigenvalue weighted by atomic mass is 9.98. The molecular formula is C12H20N2O. The average Bonchev–Trinajstić information content (AvgIpc) is 2.29. The molecule has 1 fully saturated rings. The standard InChI is InChI=1S/C12H20N2O/c1-3-8-14(9-4-2)12(15)11-6-5-7-13-10-11/h3-4,11,13H,1-2,5-10H2/t11-/m0/s1. The summed E-state index contributed by atoms with van der Waals surface area (Å²) < 4.78 is 0. The molecule has 0 aromatic rings. The Hall–Kier alpha value is -1.09. The van der Waals surface area contributed by atoms with Crippen molar-refractivity contribution in [2.45, 2.75) is 12.8 Å². The van der Waals surface area contributed by atoms with Crippen LogP contribution in [0.5, 0.6) is 0 Å². The van der Waals surface area contributed by atoms with Crippen molar-refractivity contribution >= 4 is 5.91 Å². The number of amides is 1. The first-order valence-electron chi connectivity index (χ1n) is 5.51. The van der Waals surface area contributed by atoms with Gasteiger partial charge >= 0.3 is 0 Å². The van der Waals surface area contributed by atoms with E-state index in [4.69, 9.17) is 0 Å². The van der Waals surface area contributed by atoms with Gasteiger partial charge in [-0.3, -0.25) is 4.79 Å². The molecule has 1 N–H and O–H groups in total. The van der Waals surface area contributed by atoms with Crippen LogP contribution in [-0.2, 0) is 4.79 Å². The van der Waals surface area contributed by atoms with Crippen LogP contribution in [0.3, 0.4) is 0 Å². The van der Waals surface area contributed by atoms with Gasteiger partial charge in [-0.2, -0.15) is 0 Å². The highest BCUT2D eigenvalue weighted by molar-refractivity contribution is 5.79. The van der Waals surface area contributed by atoms with Crippen molar-refractivity contribution in [1.29, 1.82) is 0 Å². The van der Waals surface area contributed by atoms with E-state index in [0.29, 0.717) is 13.1 Å². The maximum Gasteiger partial charge on any atom is 0.227 e. The van der Waals surface area contributed by atoms with E-state index in [1.165, 1.54) is 0 Å². The number of rotatable bonds is 5. The fourth-order valence-electron chi connectivity index (χ4n) is 1.89. The molecule has 84 valence electrons. The molecule has 1 heterocycles. The van der Waals surface area contributed by atoms with Crippen LogP contribution in [0.2, 0.25) is 0 Å². The van der Waals surface area contributed by atoms with Crippen LogP contribution >= 0.6 is 0 Å². The van der Waals surface area contributed by atoms with Crippen molar-refractivity contribution in [3.8, 4) is 0 Å². The highest BCUT2D eigenvalue weighted by atomic mass is 16.2. The SMILES string of the molecule is C=CCN(CC=C)C(=O)[C@H]1CCCNC1. The second kappa shape index (κ2) is 6.40. The third kappa shape index (κ3) is 3.51. The Morgan fingerprint density at radius 3 is 2.53 bits per heavy atom. The minimum Gasteiger partial charge on any atom is -0.335 e. The average molecular weight is 208 g/mol. The molecule has 1 aliphatic rings. The molecule has 0 aromatic heterocycles. The van der Waals surface area contributed by atoms with Crippen molar-refractivity contribution in [1.82, 2.24) is 10.2 Å². The van der Waals surface area contributed by atoms with Crippen molar-refractivity contribution in [2.24, 2.45) is 5.92 Å². The topological polar surface area (TPSA) is 32.3 Å². The molecule has 0 unspecified atom stereocenters. The maximum atomic E-state index is 12.1. The summed E-state index contributed by atoms with van der Waals surface area (Å²) in [5.74, 6) is 0.362. The molecule has 3 heteroatoms. The lowest BCUT2D eigenvalue weighted by Gasteiger charge is -2.28. The smallest absolute Gasteiger partial charge is 0.227 e. The van der Waals surface area contributed by atoms with Crippen LogP contribution in [0.25, 0.3) is 0 Å². The third-order valence-corrected chi connectivity index (χ3v) is 2.66. The molecule has 1 aliphatic heterocycles. The summed E-state index contributed by atoms with van der Waals surface area (Å²) in [6, 6.07) is 0. The van der Waals surface area contributed by atoms with Crippen LogP contribution in [-0.4, -0.2) is 37.0 Å². The van der Waals surface area contributed by atoms with E-state index < -0.39 is 0 Å². The van der Waals surface area contributed by atoms with Gasteiger partial charge < -0.3 is 10.2 Å². The Bertz CT molecular complexity index is 222. The van der Waals surface area contributed by atoms with Crippen LogP contribution in [0.15, 0.2) is 25.3 Å². The summed E-state index contributed by atoms with van der Waals surface area (Å²) in [6.07, 6.45) is 5.61. The van der Waals surface area contributed by atoms with Crippen LogP contribution in [0.1, 0.15) is 12.8 Å². The monoisotopic (exact) mass is 208 g/mol. The molecule has 1 rings (SSSR count). The predicted octanol–water partition coefficient (Wildman–Crippen LogP) is 1.19. The van der Waals surface area contributed by atoms with Gasteiger partial charge in [0.2, 0.25) is 5.91 Å². The van der Waals surface area contributed by atoms with E-state index in [-0.39, 0.29) is 11.8 Å². The normalized spacial score (nSPS) is 20.7. The van der Waals surface area contributed by atoms with E-state index in [9.17, 15) is 4.79 Å². The zero-order chi connectivity index (χ0) is 11.1. The summed E-state index contributed by atoms with van der Waals surface area (Å²) in [6.45, 7) is 10.4. The molecular weight excluding hydrogens is 188 g/mol. The van der Waals surface area contributed by atoms with Gasteiger partial charge in [-0.05, 0) is 19.4 Å². The summed E-state index contributed by atoms with van der Waals surface area (Å²) >= 11 is 0. The first-order chi connectivity index (χ1) is 7.29. The zero-order valence-electron chi connectivity index (χ0n) is 9.24. The van der Waals surface area contributed by atoms with Gasteiger partial charge in [0.1, 0.15) is 0 Å². The fourth-order valence-corrected chi connectivity index (χ4v) is 1.89. The van der Waals surface area contributed by atoms with E-state index in [0.717, 1.165) is 25.9 Å². The van der Waals surface area contributed by atoms with Gasteiger partial charge in [0, 0.05) is 19.6 Å². The summed E-state index contributed by atoms with van der Waals surface area (Å²) in [5, 5.41) is 3.26. The van der Waals surface area contributed by atoms with Gasteiger partial charge in [0.25, 0.3) is 0 Å². The maximum absolute atomic E-state index is 12.1. The summed E-state index contributed by atoms with van der Waals surface area (Å²) in [7, 11) is 0. The Balaban J connectivity index is 2.52. The molecule has 0 spiro atoms. The van der Waals surface area contributed by atoms with Gasteiger partial charge in [-0.1, -0.05) is 12.2 Å². The lowest BCUT2D eigenvalue weighted by molar-refractivity contribution is -0.135. The third-order valence-electron chi connectivity index (χ3n) is 2.66. The largest absolute Gasteiger partial charge is 0.335 e. The van der Waals surface area contributed by atoms with Gasteiger partial charge in [0.05, 0.1) is 5.92 Å². The van der Waals surface area contributed by atoms with Crippen molar-refractivity contribution in [2.75, 3.05) is 26.2 Å². The Morgan fingerprint density at radius 1 is 1.40 bits per heavy atom. The zero-order valence-corrected chi connectivity index (χ0v) is 9.24. The molecule has 15 heavy (non-hydrogen) atoms. The molecule has 1 atom stereocenters. The van der Waals surface area contributed by atoms with E-state index in [1.807, 2.05) is 0 Å². The van der Waals surface area contributed by atoms with Crippen LogP contribution in [0, 0.1) is 5.92 Å². The Labute approximate surface area is 91.8 Å². The molecule has 1 saturated heterocycles. The minimum absolute atomic E-state index is 0.138. The molecule has 3 nitrogen and oxygen atoms in total. The number of piperidine rings is 1. The minimum atomic E-state index is 0.138. The van der Waals surface area contributed by atoms with Gasteiger partial charge in [-0.15, -0.1) is 13.2 Å². The van der Waals surface area contributed by atoms with Crippen LogP contribution < -0.4 is 5.32 Å². The molecule has 0 saturated carbocycles. The van der Waals surface area contributed by atoms with E-state index in [2.05, 4.69) is 18.5 Å².